The van der Waals surface area contributed by atoms with Crippen LogP contribution in [0.2, 0.25) is 0 Å². The molecule has 8 nitrogen and oxygen atoms in total. The number of hydrogen-bond donors (Lipinski definition) is 0. The van der Waals surface area contributed by atoms with E-state index in [1.54, 1.807) is 0 Å². The standard InChI is InChI=1S/C58H70N4O4/c1-55(2,3)41-31-37(32-42(53(41)63)56(4,5)6)51(61-59-45-25-17-21-35-19-13-15-23-39(35)45)49-29-27-47(65-49)48-28-30-50(66-48)52(62-60-46-26-18-22-36-20-14-16-24-40(36)46)38-33-43(57(7,8)9)54(64)44(34-38)58(10,11)12/h17-18,21-22,25-34,37-38,51-52H,13-16,19-20,23-24H2,1-12H3. The van der Waals surface area contributed by atoms with Crippen LogP contribution in [0.1, 0.15) is 155 Å². The maximum atomic E-state index is 14.1. The Balaban J connectivity index is 1.22. The molecular formula is C58H70N4O4. The second-order valence-corrected chi connectivity index (χ2v) is 23.1. The van der Waals surface area contributed by atoms with Gasteiger partial charge in [0, 0.05) is 34.1 Å². The maximum absolute atomic E-state index is 14.1. The first-order chi connectivity index (χ1) is 31.1. The van der Waals surface area contributed by atoms with Crippen LogP contribution in [0.15, 0.2) is 137 Å². The van der Waals surface area contributed by atoms with E-state index in [0.29, 0.717) is 23.0 Å². The van der Waals surface area contributed by atoms with Crippen LogP contribution in [-0.2, 0) is 35.3 Å². The molecule has 2 atom stereocenters. The Kier molecular flexibility index (Phi) is 12.8. The zero-order valence-corrected chi connectivity index (χ0v) is 41.5. The highest BCUT2D eigenvalue weighted by Crippen LogP contribution is 2.47. The van der Waals surface area contributed by atoms with E-state index in [4.69, 9.17) is 29.3 Å². The fourth-order valence-corrected chi connectivity index (χ4v) is 10.1. The van der Waals surface area contributed by atoms with Gasteiger partial charge in [0.25, 0.3) is 0 Å². The Morgan fingerprint density at radius 2 is 0.788 bits per heavy atom. The number of allylic oxidation sites excluding steroid dienone is 4. The number of azo groups is 2. The summed E-state index contributed by atoms with van der Waals surface area (Å²) in [5.74, 6) is 1.90. The molecule has 2 aromatic heterocycles. The molecule has 2 unspecified atom stereocenters. The molecule has 0 amide bonds. The van der Waals surface area contributed by atoms with Gasteiger partial charge in [-0.3, -0.25) is 9.59 Å². The second kappa shape index (κ2) is 18.0. The molecule has 0 saturated heterocycles. The normalized spacial score (nSPS) is 19.1. The summed E-state index contributed by atoms with van der Waals surface area (Å²) in [6.07, 6.45) is 17.0. The van der Waals surface area contributed by atoms with Gasteiger partial charge in [-0.2, -0.15) is 20.5 Å². The molecule has 0 saturated carbocycles. The summed E-state index contributed by atoms with van der Waals surface area (Å²) >= 11 is 0. The highest BCUT2D eigenvalue weighted by Gasteiger charge is 2.40. The van der Waals surface area contributed by atoms with Crippen LogP contribution in [0.5, 0.6) is 0 Å². The molecule has 66 heavy (non-hydrogen) atoms. The molecule has 0 spiro atoms. The third kappa shape index (κ3) is 9.80. The average Bonchev–Trinajstić information content (AvgIpc) is 3.94. The molecule has 4 aromatic rings. The smallest absolute Gasteiger partial charge is 0.185 e. The summed E-state index contributed by atoms with van der Waals surface area (Å²) in [6, 6.07) is 19.4. The van der Waals surface area contributed by atoms with Crippen molar-refractivity contribution < 1.29 is 18.4 Å². The topological polar surface area (TPSA) is 110 Å². The third-order valence-corrected chi connectivity index (χ3v) is 13.8. The monoisotopic (exact) mass is 887 g/mol. The maximum Gasteiger partial charge on any atom is 0.185 e. The first-order valence-electron chi connectivity index (χ1n) is 24.3. The molecular weight excluding hydrogens is 817 g/mol. The summed E-state index contributed by atoms with van der Waals surface area (Å²) in [4.78, 5) is 28.2. The molecule has 2 heterocycles. The number of furan rings is 2. The average molecular weight is 887 g/mol. The fraction of sp³-hybridized carbons (Fsp3) is 0.483. The van der Waals surface area contributed by atoms with Crippen LogP contribution in [0, 0.1) is 33.5 Å². The van der Waals surface area contributed by atoms with Gasteiger partial charge in [-0.1, -0.05) is 132 Å². The fourth-order valence-electron chi connectivity index (χ4n) is 10.1. The Labute approximate surface area is 392 Å². The van der Waals surface area contributed by atoms with Crippen molar-refractivity contribution in [2.75, 3.05) is 0 Å². The van der Waals surface area contributed by atoms with Crippen LogP contribution in [0.4, 0.5) is 11.4 Å². The quantitative estimate of drug-likeness (QED) is 0.156. The van der Waals surface area contributed by atoms with Gasteiger partial charge in [-0.15, -0.1) is 0 Å². The van der Waals surface area contributed by atoms with Crippen LogP contribution in [-0.4, -0.2) is 11.6 Å². The van der Waals surface area contributed by atoms with Gasteiger partial charge < -0.3 is 8.83 Å². The highest BCUT2D eigenvalue weighted by atomic mass is 16.4. The number of carbonyl (C=O) groups is 2. The van der Waals surface area contributed by atoms with Crippen molar-refractivity contribution in [3.63, 3.8) is 0 Å². The van der Waals surface area contributed by atoms with E-state index in [1.165, 1.54) is 35.1 Å². The van der Waals surface area contributed by atoms with Crippen molar-refractivity contribution in [2.45, 2.75) is 147 Å². The molecule has 8 heteroatoms. The van der Waals surface area contributed by atoms with Crippen LogP contribution in [0.25, 0.3) is 11.5 Å². The van der Waals surface area contributed by atoms with E-state index in [-0.39, 0.29) is 45.1 Å². The number of rotatable bonds is 9. The van der Waals surface area contributed by atoms with E-state index in [2.05, 4.69) is 144 Å². The van der Waals surface area contributed by atoms with Gasteiger partial charge >= 0.3 is 0 Å². The number of hydrogen-bond acceptors (Lipinski definition) is 8. The molecule has 0 aliphatic heterocycles. The van der Waals surface area contributed by atoms with E-state index in [9.17, 15) is 9.59 Å². The minimum absolute atomic E-state index is 0.0810. The lowest BCUT2D eigenvalue weighted by atomic mass is 9.69. The van der Waals surface area contributed by atoms with Gasteiger partial charge in [0.1, 0.15) is 23.6 Å². The van der Waals surface area contributed by atoms with Gasteiger partial charge in [0.2, 0.25) is 0 Å². The number of aryl methyl sites for hydroxylation is 2. The lowest BCUT2D eigenvalue weighted by Crippen LogP contribution is -2.30. The Hall–Kier alpha value is -5.50. The Bertz CT molecular complexity index is 2450. The zero-order valence-electron chi connectivity index (χ0n) is 41.5. The predicted octanol–water partition coefficient (Wildman–Crippen LogP) is 16.2. The number of benzene rings is 2. The van der Waals surface area contributed by atoms with E-state index in [0.717, 1.165) is 72.2 Å². The van der Waals surface area contributed by atoms with Crippen molar-refractivity contribution in [1.29, 1.82) is 0 Å². The van der Waals surface area contributed by atoms with Gasteiger partial charge in [-0.25, -0.2) is 0 Å². The molecule has 0 radical (unpaired) electrons. The second-order valence-electron chi connectivity index (χ2n) is 23.1. The molecule has 2 aromatic carbocycles. The summed E-state index contributed by atoms with van der Waals surface area (Å²) < 4.78 is 13.6. The Morgan fingerprint density at radius 3 is 1.12 bits per heavy atom. The van der Waals surface area contributed by atoms with Crippen molar-refractivity contribution in [3.8, 4) is 11.5 Å². The molecule has 4 aliphatic carbocycles. The zero-order chi connectivity index (χ0) is 47.3. The SMILES string of the molecule is CC(C)(C)C1=CC(C(N=Nc2cccc3c2CCCC3)c2ccc(-c3ccc(C(N=Nc4cccc5c4CCCC5)C4C=C(C(C)(C)C)C(=O)C(C(C)(C)C)=C4)o3)o2)C=C(C(C)(C)C)C1=O. The highest BCUT2D eigenvalue weighted by molar-refractivity contribution is 6.11. The molecule has 8 rings (SSSR count). The number of nitrogens with zero attached hydrogens (tertiary/aromatic N) is 4. The van der Waals surface area contributed by atoms with Gasteiger partial charge in [0.05, 0.1) is 11.4 Å². The van der Waals surface area contributed by atoms with E-state index >= 15 is 0 Å². The van der Waals surface area contributed by atoms with E-state index < -0.39 is 12.1 Å². The molecule has 0 N–H and O–H groups in total. The summed E-state index contributed by atoms with van der Waals surface area (Å²) in [7, 11) is 0. The summed E-state index contributed by atoms with van der Waals surface area (Å²) in [6.45, 7) is 25.1. The lowest BCUT2D eigenvalue weighted by Gasteiger charge is -2.34. The van der Waals surface area contributed by atoms with Crippen molar-refractivity contribution in [2.24, 2.45) is 54.0 Å². The molecule has 0 fully saturated rings. The number of ketones is 2. The number of fused-ring (bicyclic) bond motifs is 2. The van der Waals surface area contributed by atoms with Crippen LogP contribution < -0.4 is 0 Å². The van der Waals surface area contributed by atoms with Crippen molar-refractivity contribution in [1.82, 2.24) is 0 Å². The van der Waals surface area contributed by atoms with Crippen LogP contribution in [0.3, 0.4) is 0 Å². The van der Waals surface area contributed by atoms with E-state index in [1.807, 2.05) is 24.3 Å². The predicted molar refractivity (Wildman–Crippen MR) is 264 cm³/mol. The first-order valence-corrected chi connectivity index (χ1v) is 24.3. The number of carbonyl (C=O) groups excluding carboxylic acids is 2. The summed E-state index contributed by atoms with van der Waals surface area (Å²) in [5, 5.41) is 20.2. The minimum Gasteiger partial charge on any atom is -0.455 e. The van der Waals surface area contributed by atoms with Crippen LogP contribution >= 0.6 is 0 Å². The minimum atomic E-state index is -0.560. The Morgan fingerprint density at radius 1 is 0.455 bits per heavy atom. The summed E-state index contributed by atoms with van der Waals surface area (Å²) in [5.41, 5.74) is 8.53. The largest absolute Gasteiger partial charge is 0.455 e. The van der Waals surface area contributed by atoms with Crippen molar-refractivity contribution in [3.05, 3.63) is 141 Å². The third-order valence-electron chi connectivity index (χ3n) is 13.8. The van der Waals surface area contributed by atoms with Crippen molar-refractivity contribution >= 4 is 22.9 Å². The van der Waals surface area contributed by atoms with Gasteiger partial charge in [-0.05, 0) is 132 Å². The van der Waals surface area contributed by atoms with Gasteiger partial charge in [0.15, 0.2) is 23.1 Å². The molecule has 346 valence electrons. The first kappa shape index (κ1) is 47.0. The number of Topliss-reactive ketones (excluding diaryl/α,β-unsaturated/α-hetero) is 2. The lowest BCUT2D eigenvalue weighted by molar-refractivity contribution is -0.115. The molecule has 4 aliphatic rings. The molecule has 0 bridgehead atoms.